The van der Waals surface area contributed by atoms with E-state index in [1.165, 1.54) is 0 Å². The number of fused-ring (bicyclic) bond motifs is 1. The van der Waals surface area contributed by atoms with Gasteiger partial charge in [-0.3, -0.25) is 19.3 Å². The lowest BCUT2D eigenvalue weighted by Crippen LogP contribution is -2.60. The lowest BCUT2D eigenvalue weighted by atomic mass is 9.95. The third-order valence-corrected chi connectivity index (χ3v) is 10.5. The highest BCUT2D eigenvalue weighted by Gasteiger charge is 2.38. The first kappa shape index (κ1) is 39.8. The van der Waals surface area contributed by atoms with Crippen molar-refractivity contribution in [1.82, 2.24) is 35.8 Å². The fourth-order valence-electron chi connectivity index (χ4n) is 6.68. The lowest BCUT2D eigenvalue weighted by molar-refractivity contribution is -0.130. The number of rotatable bonds is 13. The molecule has 282 valence electrons. The number of likely N-dealkylation sites (tertiary alicyclic amines) is 1. The SMILES string of the molecule is Cc1cc(S[C@@H]2CCN(C[C@@H](O)[C@H](Cc3ccccc3)NC(=O)[C@@H](NC(=O)c3ccc4ccccc4n3)C(C)C)C(C(=O)NC(C)(C)C)C2)nc(C)n1. The number of aromatic nitrogens is 3. The van der Waals surface area contributed by atoms with Crippen molar-refractivity contribution in [2.45, 2.75) is 108 Å². The van der Waals surface area contributed by atoms with Gasteiger partial charge in [-0.1, -0.05) is 68.4 Å². The molecule has 5 atom stereocenters. The zero-order valence-corrected chi connectivity index (χ0v) is 32.6. The minimum absolute atomic E-state index is 0.0985. The molecule has 1 unspecified atom stereocenters. The number of para-hydroxylation sites is 1. The second-order valence-corrected chi connectivity index (χ2v) is 16.7. The number of aryl methyl sites for hydroxylation is 2. The van der Waals surface area contributed by atoms with Crippen LogP contribution in [0, 0.1) is 19.8 Å². The summed E-state index contributed by atoms with van der Waals surface area (Å²) in [4.78, 5) is 56.8. The van der Waals surface area contributed by atoms with E-state index in [0.29, 0.717) is 30.7 Å². The molecule has 2 aromatic carbocycles. The van der Waals surface area contributed by atoms with Crippen molar-refractivity contribution in [2.75, 3.05) is 13.1 Å². The summed E-state index contributed by atoms with van der Waals surface area (Å²) in [5.74, 6) is -0.490. The van der Waals surface area contributed by atoms with E-state index in [4.69, 9.17) is 0 Å². The zero-order valence-electron chi connectivity index (χ0n) is 31.8. The molecule has 53 heavy (non-hydrogen) atoms. The number of thioether (sulfide) groups is 1. The molecule has 2 aromatic heterocycles. The fraction of sp³-hybridized carbons (Fsp3) is 0.463. The number of carbonyl (C=O) groups excluding carboxylic acids is 3. The molecule has 5 rings (SSSR count). The molecule has 1 fully saturated rings. The number of nitrogens with one attached hydrogen (secondary N) is 3. The molecule has 11 nitrogen and oxygen atoms in total. The van der Waals surface area contributed by atoms with E-state index in [9.17, 15) is 19.5 Å². The average molecular weight is 740 g/mol. The van der Waals surface area contributed by atoms with Gasteiger partial charge < -0.3 is 21.1 Å². The van der Waals surface area contributed by atoms with E-state index in [2.05, 4.69) is 30.9 Å². The number of hydrogen-bond donors (Lipinski definition) is 4. The Kier molecular flexibility index (Phi) is 13.2. The first-order valence-electron chi connectivity index (χ1n) is 18.4. The van der Waals surface area contributed by atoms with Crippen LogP contribution in [0.2, 0.25) is 0 Å². The van der Waals surface area contributed by atoms with Crippen LogP contribution in [0.15, 0.2) is 77.8 Å². The van der Waals surface area contributed by atoms with Crippen molar-refractivity contribution in [3.8, 4) is 0 Å². The molecular formula is C41H53N7O4S. The van der Waals surface area contributed by atoms with Crippen LogP contribution in [0.5, 0.6) is 0 Å². The number of aliphatic hydroxyl groups is 1. The van der Waals surface area contributed by atoms with Crippen LogP contribution < -0.4 is 16.0 Å². The van der Waals surface area contributed by atoms with E-state index in [-0.39, 0.29) is 29.3 Å². The second kappa shape index (κ2) is 17.6. The van der Waals surface area contributed by atoms with Gasteiger partial charge in [-0.25, -0.2) is 15.0 Å². The number of β-amino-alcohol motifs (C(OH)–C–C–N with tert-alkyl or cyclic N) is 1. The molecule has 0 aliphatic carbocycles. The largest absolute Gasteiger partial charge is 0.390 e. The van der Waals surface area contributed by atoms with Crippen LogP contribution in [0.4, 0.5) is 0 Å². The highest BCUT2D eigenvalue weighted by molar-refractivity contribution is 7.99. The van der Waals surface area contributed by atoms with Gasteiger partial charge in [0.15, 0.2) is 0 Å². The Morgan fingerprint density at radius 2 is 1.66 bits per heavy atom. The molecule has 0 radical (unpaired) electrons. The summed E-state index contributed by atoms with van der Waals surface area (Å²) in [5, 5.41) is 23.0. The van der Waals surface area contributed by atoms with E-state index >= 15 is 0 Å². The van der Waals surface area contributed by atoms with Crippen LogP contribution in [-0.2, 0) is 16.0 Å². The number of aliphatic hydroxyl groups excluding tert-OH is 1. The summed E-state index contributed by atoms with van der Waals surface area (Å²) in [6.07, 6.45) is 0.697. The van der Waals surface area contributed by atoms with Gasteiger partial charge in [0.05, 0.1) is 23.7 Å². The van der Waals surface area contributed by atoms with Crippen molar-refractivity contribution in [3.63, 3.8) is 0 Å². The van der Waals surface area contributed by atoms with E-state index < -0.39 is 41.6 Å². The maximum atomic E-state index is 14.0. The molecule has 12 heteroatoms. The number of hydrogen-bond acceptors (Lipinski definition) is 9. The Hall–Kier alpha value is -4.39. The van der Waals surface area contributed by atoms with E-state index in [1.54, 1.807) is 17.8 Å². The molecular weight excluding hydrogens is 687 g/mol. The van der Waals surface area contributed by atoms with E-state index in [0.717, 1.165) is 28.1 Å². The van der Waals surface area contributed by atoms with Crippen LogP contribution in [-0.4, -0.2) is 90.8 Å². The highest BCUT2D eigenvalue weighted by Crippen LogP contribution is 2.33. The third-order valence-electron chi connectivity index (χ3n) is 9.27. The number of nitrogens with zero attached hydrogens (tertiary/aromatic N) is 4. The van der Waals surface area contributed by atoms with Gasteiger partial charge in [0, 0.05) is 35.0 Å². The molecule has 0 spiro atoms. The molecule has 1 aliphatic heterocycles. The predicted molar refractivity (Wildman–Crippen MR) is 210 cm³/mol. The number of benzene rings is 2. The summed E-state index contributed by atoms with van der Waals surface area (Å²) in [6, 6.07) is 20.6. The Balaban J connectivity index is 1.33. The molecule has 1 aliphatic rings. The molecule has 1 saturated heterocycles. The monoisotopic (exact) mass is 739 g/mol. The van der Waals surface area contributed by atoms with Gasteiger partial charge in [-0.2, -0.15) is 0 Å². The van der Waals surface area contributed by atoms with Crippen molar-refractivity contribution < 1.29 is 19.5 Å². The van der Waals surface area contributed by atoms with Gasteiger partial charge in [0.25, 0.3) is 5.91 Å². The first-order valence-corrected chi connectivity index (χ1v) is 19.3. The number of piperidine rings is 1. The smallest absolute Gasteiger partial charge is 0.270 e. The van der Waals surface area contributed by atoms with Gasteiger partial charge in [0.1, 0.15) is 22.6 Å². The zero-order chi connectivity index (χ0) is 38.3. The van der Waals surface area contributed by atoms with Crippen LogP contribution in [0.3, 0.4) is 0 Å². The minimum atomic E-state index is -1.02. The summed E-state index contributed by atoms with van der Waals surface area (Å²) in [7, 11) is 0. The van der Waals surface area contributed by atoms with Crippen LogP contribution in [0.25, 0.3) is 10.9 Å². The van der Waals surface area contributed by atoms with Gasteiger partial charge in [0.2, 0.25) is 11.8 Å². The predicted octanol–water partition coefficient (Wildman–Crippen LogP) is 5.02. The van der Waals surface area contributed by atoms with Crippen LogP contribution in [0.1, 0.15) is 75.0 Å². The summed E-state index contributed by atoms with van der Waals surface area (Å²) in [5.41, 5.74) is 2.31. The Morgan fingerprint density at radius 1 is 0.943 bits per heavy atom. The molecule has 4 N–H and O–H groups in total. The average Bonchev–Trinajstić information content (AvgIpc) is 3.09. The number of amides is 3. The van der Waals surface area contributed by atoms with Crippen molar-refractivity contribution in [1.29, 1.82) is 0 Å². The Labute approximate surface area is 317 Å². The van der Waals surface area contributed by atoms with Gasteiger partial charge >= 0.3 is 0 Å². The minimum Gasteiger partial charge on any atom is -0.390 e. The topological polar surface area (TPSA) is 149 Å². The normalized spacial score (nSPS) is 18.3. The summed E-state index contributed by atoms with van der Waals surface area (Å²) >= 11 is 1.66. The standard InChI is InChI=1S/C41H53N7O4S/c1-25(2)37(46-38(50)32-18-17-29-15-11-12-16-31(29)44-32)40(52)45-33(22-28-13-9-8-10-14-28)35(49)24-48-20-19-30(23-34(48)39(51)47-41(5,6)7)53-36-21-26(3)42-27(4)43-36/h8-18,21,25,30,33-35,37,49H,19-20,22-24H2,1-7H3,(H,45,52)(H,46,50)(H,47,51)/t30-,33+,34?,35-,37+/m1/s1. The molecule has 3 heterocycles. The lowest BCUT2D eigenvalue weighted by Gasteiger charge is -2.41. The number of pyridine rings is 1. The van der Waals surface area contributed by atoms with Gasteiger partial charge in [-0.15, -0.1) is 11.8 Å². The quantitative estimate of drug-likeness (QED) is 0.139. The van der Waals surface area contributed by atoms with E-state index in [1.807, 2.05) is 120 Å². The molecule has 0 bridgehead atoms. The van der Waals surface area contributed by atoms with Crippen molar-refractivity contribution >= 4 is 40.4 Å². The van der Waals surface area contributed by atoms with Crippen LogP contribution >= 0.6 is 11.8 Å². The summed E-state index contributed by atoms with van der Waals surface area (Å²) in [6.45, 7) is 14.2. The molecule has 3 amide bonds. The van der Waals surface area contributed by atoms with Crippen molar-refractivity contribution in [3.05, 3.63) is 95.6 Å². The summed E-state index contributed by atoms with van der Waals surface area (Å²) < 4.78 is 0. The third kappa shape index (κ3) is 11.3. The molecule has 4 aromatic rings. The number of carbonyl (C=O) groups is 3. The Bertz CT molecular complexity index is 1860. The van der Waals surface area contributed by atoms with Crippen molar-refractivity contribution in [2.24, 2.45) is 5.92 Å². The first-order chi connectivity index (χ1) is 25.1. The maximum Gasteiger partial charge on any atom is 0.270 e. The maximum absolute atomic E-state index is 14.0. The highest BCUT2D eigenvalue weighted by atomic mass is 32.2. The second-order valence-electron chi connectivity index (χ2n) is 15.4. The van der Waals surface area contributed by atoms with Gasteiger partial charge in [-0.05, 0) is 83.6 Å². The Morgan fingerprint density at radius 3 is 2.36 bits per heavy atom. The fourth-order valence-corrected chi connectivity index (χ4v) is 7.95. The molecule has 0 saturated carbocycles.